The van der Waals surface area contributed by atoms with Gasteiger partial charge in [0.2, 0.25) is 0 Å². The summed E-state index contributed by atoms with van der Waals surface area (Å²) in [6, 6.07) is 4.19. The van der Waals surface area contributed by atoms with Crippen molar-refractivity contribution in [2.45, 2.75) is 106 Å². The molecule has 2 heteroatoms. The van der Waals surface area contributed by atoms with Gasteiger partial charge in [0.15, 0.2) is 0 Å². The van der Waals surface area contributed by atoms with Crippen LogP contribution in [-0.2, 0) is 5.41 Å². The second kappa shape index (κ2) is 9.89. The highest BCUT2D eigenvalue weighted by atomic mass is 16.3. The van der Waals surface area contributed by atoms with Crippen LogP contribution in [0.3, 0.4) is 0 Å². The second-order valence-corrected chi connectivity index (χ2v) is 11.6. The van der Waals surface area contributed by atoms with Gasteiger partial charge in [-0.3, -0.25) is 0 Å². The minimum atomic E-state index is -0.165. The lowest BCUT2D eigenvalue weighted by atomic mass is 9.69. The van der Waals surface area contributed by atoms with Crippen molar-refractivity contribution in [2.24, 2.45) is 11.3 Å². The Bertz CT molecular complexity index is 913. The van der Waals surface area contributed by atoms with Gasteiger partial charge in [0.1, 0.15) is 11.5 Å². The average molecular weight is 439 g/mol. The van der Waals surface area contributed by atoms with E-state index < -0.39 is 0 Å². The molecular formula is C30H46O2. The quantitative estimate of drug-likeness (QED) is 0.465. The van der Waals surface area contributed by atoms with Gasteiger partial charge in [0, 0.05) is 17.4 Å². The van der Waals surface area contributed by atoms with Crippen LogP contribution in [0.15, 0.2) is 46.8 Å². The van der Waals surface area contributed by atoms with E-state index in [1.54, 1.807) is 0 Å². The molecule has 1 aliphatic rings. The van der Waals surface area contributed by atoms with Gasteiger partial charge in [-0.15, -0.1) is 0 Å². The summed E-state index contributed by atoms with van der Waals surface area (Å²) in [4.78, 5) is 0. The molecule has 2 N–H and O–H groups in total. The van der Waals surface area contributed by atoms with Crippen molar-refractivity contribution in [1.29, 1.82) is 0 Å². The molecule has 178 valence electrons. The van der Waals surface area contributed by atoms with Crippen LogP contribution in [0.25, 0.3) is 0 Å². The summed E-state index contributed by atoms with van der Waals surface area (Å²) in [5.41, 5.74) is 6.07. The van der Waals surface area contributed by atoms with Crippen molar-refractivity contribution in [2.75, 3.05) is 0 Å². The Morgan fingerprint density at radius 2 is 1.59 bits per heavy atom. The average Bonchev–Trinajstić information content (AvgIpc) is 2.65. The third-order valence-electron chi connectivity index (χ3n) is 6.83. The Morgan fingerprint density at radius 1 is 0.969 bits per heavy atom. The van der Waals surface area contributed by atoms with E-state index in [-0.39, 0.29) is 22.7 Å². The minimum absolute atomic E-state index is 0.0200. The first-order chi connectivity index (χ1) is 14.8. The molecule has 0 bridgehead atoms. The maximum absolute atomic E-state index is 11.6. The van der Waals surface area contributed by atoms with Crippen molar-refractivity contribution in [3.05, 3.63) is 63.5 Å². The zero-order valence-corrected chi connectivity index (χ0v) is 22.2. The van der Waals surface area contributed by atoms with Crippen LogP contribution >= 0.6 is 0 Å². The molecule has 2 nitrogen and oxygen atoms in total. The maximum Gasteiger partial charge on any atom is 0.123 e. The maximum atomic E-state index is 11.6. The minimum Gasteiger partial charge on any atom is -0.508 e. The summed E-state index contributed by atoms with van der Waals surface area (Å²) in [6.07, 6.45) is 8.56. The fourth-order valence-corrected chi connectivity index (χ4v) is 4.98. The highest BCUT2D eigenvalue weighted by molar-refractivity contribution is 5.57. The number of allylic oxidation sites excluding steroid dienone is 5. The van der Waals surface area contributed by atoms with E-state index in [1.807, 2.05) is 0 Å². The third kappa shape index (κ3) is 5.33. The third-order valence-corrected chi connectivity index (χ3v) is 6.83. The number of hydrogen-bond acceptors (Lipinski definition) is 2. The van der Waals surface area contributed by atoms with Gasteiger partial charge in [0.25, 0.3) is 0 Å². The molecule has 0 aromatic heterocycles. The largest absolute Gasteiger partial charge is 0.508 e. The number of hydrogen-bond donors (Lipinski definition) is 2. The number of phenols is 1. The molecule has 0 aliphatic heterocycles. The monoisotopic (exact) mass is 438 g/mol. The van der Waals surface area contributed by atoms with Gasteiger partial charge in [-0.1, -0.05) is 99.4 Å². The molecule has 32 heavy (non-hydrogen) atoms. The molecule has 1 aromatic carbocycles. The Hall–Kier alpha value is -1.96. The lowest BCUT2D eigenvalue weighted by Crippen LogP contribution is -2.24. The molecule has 0 fully saturated rings. The van der Waals surface area contributed by atoms with E-state index in [2.05, 4.69) is 93.5 Å². The second-order valence-electron chi connectivity index (χ2n) is 11.6. The molecule has 1 aromatic rings. The Kier molecular flexibility index (Phi) is 8.13. The van der Waals surface area contributed by atoms with E-state index in [4.69, 9.17) is 0 Å². The number of aromatic hydroxyl groups is 1. The van der Waals surface area contributed by atoms with Crippen LogP contribution in [0, 0.1) is 18.3 Å². The van der Waals surface area contributed by atoms with Crippen LogP contribution in [0.5, 0.6) is 5.75 Å². The summed E-state index contributed by atoms with van der Waals surface area (Å²) >= 11 is 0. The van der Waals surface area contributed by atoms with Gasteiger partial charge in [-0.2, -0.15) is 0 Å². The number of rotatable bonds is 6. The van der Waals surface area contributed by atoms with E-state index in [0.717, 1.165) is 53.5 Å². The molecule has 2 atom stereocenters. The molecule has 0 radical (unpaired) electrons. The summed E-state index contributed by atoms with van der Waals surface area (Å²) in [6.45, 7) is 21.6. The highest BCUT2D eigenvalue weighted by Gasteiger charge is 2.36. The number of aryl methyl sites for hydroxylation is 1. The first-order valence-electron chi connectivity index (χ1n) is 12.4. The fourth-order valence-electron chi connectivity index (χ4n) is 4.98. The summed E-state index contributed by atoms with van der Waals surface area (Å²) in [5.74, 6) is 0.918. The van der Waals surface area contributed by atoms with E-state index >= 15 is 0 Å². The lowest BCUT2D eigenvalue weighted by molar-refractivity contribution is 0.353. The van der Waals surface area contributed by atoms with E-state index in [9.17, 15) is 10.2 Å². The molecule has 0 heterocycles. The number of benzene rings is 1. The molecule has 0 spiro atoms. The van der Waals surface area contributed by atoms with Gasteiger partial charge >= 0.3 is 0 Å². The normalized spacial score (nSPS) is 20.0. The first kappa shape index (κ1) is 26.3. The van der Waals surface area contributed by atoms with Crippen LogP contribution in [-0.4, -0.2) is 10.2 Å². The van der Waals surface area contributed by atoms with E-state index in [1.165, 1.54) is 5.57 Å². The van der Waals surface area contributed by atoms with Gasteiger partial charge in [-0.05, 0) is 58.4 Å². The van der Waals surface area contributed by atoms with Crippen molar-refractivity contribution >= 4 is 0 Å². The SMILES string of the molecule is CCCC=C1C=C(C(C)(C)C)C(O)=C(C(CCC)c2c(C)ccc(C(C)(C)C)c2O)C1C. The van der Waals surface area contributed by atoms with Crippen LogP contribution in [0.1, 0.15) is 111 Å². The standard InChI is InChI=1S/C30H46O2/c1-11-13-15-21-18-24(30(8,9)10)28(32)26(20(21)4)22(14-12-2)25-19(3)16-17-23(27(25)31)29(5,6)7/h15-18,20,22,31-32H,11-14H2,1-10H3. The molecule has 0 amide bonds. The van der Waals surface area contributed by atoms with Crippen LogP contribution in [0.2, 0.25) is 0 Å². The van der Waals surface area contributed by atoms with Gasteiger partial charge < -0.3 is 10.2 Å². The Morgan fingerprint density at radius 3 is 2.09 bits per heavy atom. The van der Waals surface area contributed by atoms with Crippen molar-refractivity contribution < 1.29 is 10.2 Å². The summed E-state index contributed by atoms with van der Waals surface area (Å²) in [5, 5.41) is 23.2. The molecule has 0 saturated heterocycles. The number of aliphatic hydroxyl groups is 1. The number of aliphatic hydroxyl groups excluding tert-OH is 1. The predicted octanol–water partition coefficient (Wildman–Crippen LogP) is 9.04. The fraction of sp³-hybridized carbons (Fsp3) is 0.600. The Labute approximate surface area is 197 Å². The smallest absolute Gasteiger partial charge is 0.123 e. The summed E-state index contributed by atoms with van der Waals surface area (Å²) in [7, 11) is 0. The van der Waals surface area contributed by atoms with E-state index in [0.29, 0.717) is 11.5 Å². The van der Waals surface area contributed by atoms with Crippen molar-refractivity contribution in [3.63, 3.8) is 0 Å². The zero-order chi connectivity index (χ0) is 24.4. The Balaban J connectivity index is 2.83. The predicted molar refractivity (Wildman–Crippen MR) is 139 cm³/mol. The first-order valence-corrected chi connectivity index (χ1v) is 12.4. The van der Waals surface area contributed by atoms with Crippen LogP contribution in [0.4, 0.5) is 0 Å². The molecule has 0 saturated carbocycles. The van der Waals surface area contributed by atoms with Crippen LogP contribution < -0.4 is 0 Å². The number of unbranched alkanes of at least 4 members (excludes halogenated alkanes) is 1. The molecule has 1 aliphatic carbocycles. The zero-order valence-electron chi connectivity index (χ0n) is 22.2. The number of phenolic OH excluding ortho intramolecular Hbond substituents is 1. The van der Waals surface area contributed by atoms with Gasteiger partial charge in [0.05, 0.1) is 0 Å². The van der Waals surface area contributed by atoms with Gasteiger partial charge in [-0.25, -0.2) is 0 Å². The molecular weight excluding hydrogens is 392 g/mol. The highest BCUT2D eigenvalue weighted by Crippen LogP contribution is 2.50. The summed E-state index contributed by atoms with van der Waals surface area (Å²) < 4.78 is 0. The van der Waals surface area contributed by atoms with Crippen molar-refractivity contribution in [3.8, 4) is 5.75 Å². The van der Waals surface area contributed by atoms with Crippen molar-refractivity contribution in [1.82, 2.24) is 0 Å². The topological polar surface area (TPSA) is 40.5 Å². The molecule has 2 rings (SSSR count). The molecule has 2 unspecified atom stereocenters. The lowest BCUT2D eigenvalue weighted by Gasteiger charge is -2.36.